The van der Waals surface area contributed by atoms with Crippen LogP contribution in [0.4, 0.5) is 20.2 Å². The molecule has 0 atom stereocenters. The van der Waals surface area contributed by atoms with E-state index >= 15 is 0 Å². The zero-order valence-electron chi connectivity index (χ0n) is 22.6. The number of fused-ring (bicyclic) bond motifs is 1. The summed E-state index contributed by atoms with van der Waals surface area (Å²) < 4.78 is 36.4. The molecule has 1 N–H and O–H groups in total. The number of hydrogen-bond acceptors (Lipinski definition) is 6. The van der Waals surface area contributed by atoms with E-state index < -0.39 is 11.6 Å². The van der Waals surface area contributed by atoms with Gasteiger partial charge in [0, 0.05) is 47.9 Å². The number of halogens is 2. The van der Waals surface area contributed by atoms with Gasteiger partial charge in [0.2, 0.25) is 5.88 Å². The van der Waals surface area contributed by atoms with Crippen LogP contribution >= 0.6 is 11.9 Å². The third-order valence-electron chi connectivity index (χ3n) is 6.59. The van der Waals surface area contributed by atoms with Gasteiger partial charge >= 0.3 is 0 Å². The van der Waals surface area contributed by atoms with Gasteiger partial charge in [0.1, 0.15) is 11.6 Å². The Morgan fingerprint density at radius 2 is 1.93 bits per heavy atom. The first-order chi connectivity index (χ1) is 19.3. The van der Waals surface area contributed by atoms with Crippen LogP contribution in [0.5, 0.6) is 5.88 Å². The smallest absolute Gasteiger partial charge is 0.258 e. The fourth-order valence-corrected chi connectivity index (χ4v) is 5.35. The Balaban J connectivity index is 1.43. The second-order valence-electron chi connectivity index (χ2n) is 9.80. The van der Waals surface area contributed by atoms with Crippen molar-refractivity contribution in [1.82, 2.24) is 9.97 Å². The van der Waals surface area contributed by atoms with E-state index in [1.807, 2.05) is 50.1 Å². The number of nitrogens with one attached hydrogen (secondary N) is 1. The average Bonchev–Trinajstić information content (AvgIpc) is 2.95. The Labute approximate surface area is 236 Å². The minimum absolute atomic E-state index is 0.0451. The summed E-state index contributed by atoms with van der Waals surface area (Å²) >= 11 is 1.07. The molecular weight excluding hydrogens is 530 g/mol. The molecule has 0 radical (unpaired) electrons. The predicted molar refractivity (Wildman–Crippen MR) is 155 cm³/mol. The lowest BCUT2D eigenvalue weighted by molar-refractivity contribution is 0.0984. The highest BCUT2D eigenvalue weighted by molar-refractivity contribution is 8.00. The van der Waals surface area contributed by atoms with Gasteiger partial charge in [-0.05, 0) is 86.5 Å². The number of carbonyl (C=O) groups is 1. The van der Waals surface area contributed by atoms with Crippen molar-refractivity contribution in [2.24, 2.45) is 0 Å². The highest BCUT2D eigenvalue weighted by Crippen LogP contribution is 2.35. The van der Waals surface area contributed by atoms with Crippen molar-refractivity contribution in [2.75, 3.05) is 16.2 Å². The molecule has 0 saturated carbocycles. The Morgan fingerprint density at radius 3 is 2.70 bits per heavy atom. The summed E-state index contributed by atoms with van der Waals surface area (Å²) in [4.78, 5) is 24.6. The molecule has 206 valence electrons. The standard InChI is InChI=1S/C31H30F2N4O2S/c1-4-26-27(36-40-29-10-9-24(32)17-25(29)33)14-23(18-35-26)21-8-7-20-6-5-13-37(28(20)15-21)31(38)22-11-12-34-30(16-22)39-19(2)3/h7-12,14-19,36H,4-6,13H2,1-3H3. The SMILES string of the molecule is CCc1ncc(-c2ccc3c(c2)N(C(=O)c2ccnc(OC(C)C)c2)CCC3)cc1NSc1ccc(F)cc1F. The monoisotopic (exact) mass is 560 g/mol. The van der Waals surface area contributed by atoms with Crippen molar-refractivity contribution in [3.8, 4) is 17.0 Å². The molecule has 9 heteroatoms. The number of aryl methyl sites for hydroxylation is 2. The van der Waals surface area contributed by atoms with Gasteiger partial charge in [-0.15, -0.1) is 0 Å². The van der Waals surface area contributed by atoms with Crippen LogP contribution in [-0.4, -0.2) is 28.5 Å². The lowest BCUT2D eigenvalue weighted by atomic mass is 9.96. The molecule has 4 aromatic rings. The third-order valence-corrected chi connectivity index (χ3v) is 7.46. The summed E-state index contributed by atoms with van der Waals surface area (Å²) in [7, 11) is 0. The first-order valence-corrected chi connectivity index (χ1v) is 14.1. The number of anilines is 2. The fourth-order valence-electron chi connectivity index (χ4n) is 4.66. The molecule has 1 aliphatic rings. The van der Waals surface area contributed by atoms with E-state index in [0.717, 1.165) is 64.6 Å². The maximum atomic E-state index is 14.2. The minimum atomic E-state index is -0.629. The number of ether oxygens (including phenoxy) is 1. The lowest BCUT2D eigenvalue weighted by Gasteiger charge is -2.30. The zero-order valence-corrected chi connectivity index (χ0v) is 23.4. The Kier molecular flexibility index (Phi) is 8.30. The number of nitrogens with zero attached hydrogens (tertiary/aromatic N) is 3. The van der Waals surface area contributed by atoms with Crippen molar-refractivity contribution in [1.29, 1.82) is 0 Å². The van der Waals surface area contributed by atoms with Crippen LogP contribution in [0.3, 0.4) is 0 Å². The van der Waals surface area contributed by atoms with E-state index in [1.54, 1.807) is 18.3 Å². The van der Waals surface area contributed by atoms with Crippen LogP contribution in [0.15, 0.2) is 71.9 Å². The van der Waals surface area contributed by atoms with Crippen LogP contribution in [-0.2, 0) is 12.8 Å². The molecule has 2 aromatic carbocycles. The van der Waals surface area contributed by atoms with Crippen LogP contribution in [0.2, 0.25) is 0 Å². The molecule has 40 heavy (non-hydrogen) atoms. The topological polar surface area (TPSA) is 67.4 Å². The zero-order chi connectivity index (χ0) is 28.2. The molecule has 2 aromatic heterocycles. The summed E-state index contributed by atoms with van der Waals surface area (Å²) in [6, 6.07) is 15.0. The number of hydrogen-bond donors (Lipinski definition) is 1. The Hall–Kier alpha value is -3.98. The average molecular weight is 561 g/mol. The van der Waals surface area contributed by atoms with Crippen molar-refractivity contribution in [3.63, 3.8) is 0 Å². The van der Waals surface area contributed by atoms with Gasteiger partial charge in [-0.25, -0.2) is 13.8 Å². The number of benzene rings is 2. The van der Waals surface area contributed by atoms with Crippen LogP contribution in [0.25, 0.3) is 11.1 Å². The number of pyridine rings is 2. The third kappa shape index (κ3) is 6.09. The number of rotatable bonds is 8. The molecule has 3 heterocycles. The summed E-state index contributed by atoms with van der Waals surface area (Å²) in [5.41, 5.74) is 5.84. The van der Waals surface area contributed by atoms with Crippen LogP contribution < -0.4 is 14.4 Å². The van der Waals surface area contributed by atoms with Gasteiger partial charge in [0.25, 0.3) is 5.91 Å². The van der Waals surface area contributed by atoms with E-state index in [-0.39, 0.29) is 16.9 Å². The number of carbonyl (C=O) groups excluding carboxylic acids is 1. The first kappa shape index (κ1) is 27.6. The quantitative estimate of drug-likeness (QED) is 0.225. The summed E-state index contributed by atoms with van der Waals surface area (Å²) in [6.07, 6.45) is 5.79. The first-order valence-electron chi connectivity index (χ1n) is 13.3. The van der Waals surface area contributed by atoms with Gasteiger partial charge in [0.15, 0.2) is 0 Å². The molecular formula is C31H30F2N4O2S. The largest absolute Gasteiger partial charge is 0.475 e. The van der Waals surface area contributed by atoms with E-state index in [4.69, 9.17) is 4.74 Å². The van der Waals surface area contributed by atoms with Crippen molar-refractivity contribution < 1.29 is 18.3 Å². The Morgan fingerprint density at radius 1 is 1.07 bits per heavy atom. The van der Waals surface area contributed by atoms with E-state index in [9.17, 15) is 13.6 Å². The minimum Gasteiger partial charge on any atom is -0.475 e. The molecule has 0 saturated heterocycles. The van der Waals surface area contributed by atoms with Crippen molar-refractivity contribution >= 4 is 29.2 Å². The van der Waals surface area contributed by atoms with Gasteiger partial charge in [-0.2, -0.15) is 0 Å². The van der Waals surface area contributed by atoms with Gasteiger partial charge in [0.05, 0.1) is 22.4 Å². The number of amides is 1. The van der Waals surface area contributed by atoms with Gasteiger partial charge in [-0.1, -0.05) is 19.1 Å². The van der Waals surface area contributed by atoms with Crippen molar-refractivity contribution in [2.45, 2.75) is 51.0 Å². The highest BCUT2D eigenvalue weighted by atomic mass is 32.2. The van der Waals surface area contributed by atoms with E-state index in [0.29, 0.717) is 24.4 Å². The molecule has 0 bridgehead atoms. The highest BCUT2D eigenvalue weighted by Gasteiger charge is 2.25. The molecule has 0 aliphatic carbocycles. The molecule has 1 amide bonds. The molecule has 0 spiro atoms. The number of aromatic nitrogens is 2. The fraction of sp³-hybridized carbons (Fsp3) is 0.258. The molecule has 0 fully saturated rings. The van der Waals surface area contributed by atoms with Gasteiger partial charge in [-0.3, -0.25) is 9.78 Å². The van der Waals surface area contributed by atoms with Crippen LogP contribution in [0, 0.1) is 11.6 Å². The van der Waals surface area contributed by atoms with E-state index in [1.165, 1.54) is 12.1 Å². The molecule has 5 rings (SSSR count). The maximum absolute atomic E-state index is 14.2. The van der Waals surface area contributed by atoms with E-state index in [2.05, 4.69) is 20.8 Å². The lowest BCUT2D eigenvalue weighted by Crippen LogP contribution is -2.35. The second-order valence-corrected chi connectivity index (χ2v) is 10.7. The molecule has 1 aliphatic heterocycles. The predicted octanol–water partition coefficient (Wildman–Crippen LogP) is 7.48. The van der Waals surface area contributed by atoms with Crippen LogP contribution in [0.1, 0.15) is 48.8 Å². The van der Waals surface area contributed by atoms with Crippen molar-refractivity contribution in [3.05, 3.63) is 95.4 Å². The summed E-state index contributed by atoms with van der Waals surface area (Å²) in [5.74, 6) is -0.926. The maximum Gasteiger partial charge on any atom is 0.258 e. The summed E-state index contributed by atoms with van der Waals surface area (Å²) in [5, 5.41) is 0. The van der Waals surface area contributed by atoms with Gasteiger partial charge < -0.3 is 14.4 Å². The Bertz CT molecular complexity index is 1550. The molecule has 0 unspecified atom stereocenters. The normalized spacial score (nSPS) is 12.8. The molecule has 6 nitrogen and oxygen atoms in total. The summed E-state index contributed by atoms with van der Waals surface area (Å²) in [6.45, 7) is 6.44. The second kappa shape index (κ2) is 12.0.